The fourth-order valence-corrected chi connectivity index (χ4v) is 1.60. The minimum atomic E-state index is -0.118. The summed E-state index contributed by atoms with van der Waals surface area (Å²) >= 11 is 0. The fraction of sp³-hybridized carbons (Fsp3) is 0.600. The molecule has 0 fully saturated rings. The van der Waals surface area contributed by atoms with E-state index in [1.54, 1.807) is 7.11 Å². The number of hydrogen-bond donors (Lipinski definition) is 0. The predicted molar refractivity (Wildman–Crippen MR) is 71.7 cm³/mol. The van der Waals surface area contributed by atoms with Crippen molar-refractivity contribution in [3.05, 3.63) is 29.8 Å². The summed E-state index contributed by atoms with van der Waals surface area (Å²) < 4.78 is 11.2. The average Bonchev–Trinajstić information content (AvgIpc) is 2.29. The Kier molecular flexibility index (Phi) is 5.01. The summed E-state index contributed by atoms with van der Waals surface area (Å²) in [5, 5.41) is 0. The molecule has 0 unspecified atom stereocenters. The molecule has 1 aromatic rings. The van der Waals surface area contributed by atoms with Crippen molar-refractivity contribution in [1.29, 1.82) is 0 Å². The Morgan fingerprint density at radius 2 is 1.82 bits per heavy atom. The summed E-state index contributed by atoms with van der Waals surface area (Å²) in [6.45, 7) is 9.20. The minimum absolute atomic E-state index is 0.118. The SMILES string of the molecule is COC(C)(C)CCOc1ccccc1C(C)C. The lowest BCUT2D eigenvalue weighted by atomic mass is 10.0. The van der Waals surface area contributed by atoms with E-state index in [-0.39, 0.29) is 5.60 Å². The van der Waals surface area contributed by atoms with E-state index in [9.17, 15) is 0 Å². The fourth-order valence-electron chi connectivity index (χ4n) is 1.60. The highest BCUT2D eigenvalue weighted by Gasteiger charge is 2.16. The molecule has 0 radical (unpaired) electrons. The van der Waals surface area contributed by atoms with Gasteiger partial charge in [-0.1, -0.05) is 32.0 Å². The van der Waals surface area contributed by atoms with Crippen molar-refractivity contribution in [3.8, 4) is 5.75 Å². The van der Waals surface area contributed by atoms with Crippen LogP contribution < -0.4 is 4.74 Å². The number of ether oxygens (including phenoxy) is 2. The van der Waals surface area contributed by atoms with Crippen LogP contribution in [-0.2, 0) is 4.74 Å². The second kappa shape index (κ2) is 6.06. The van der Waals surface area contributed by atoms with Gasteiger partial charge in [0.25, 0.3) is 0 Å². The second-order valence-corrected chi connectivity index (χ2v) is 5.25. The molecule has 0 atom stereocenters. The number of rotatable bonds is 6. The molecule has 1 rings (SSSR count). The molecule has 0 heterocycles. The first kappa shape index (κ1) is 14.0. The Hall–Kier alpha value is -1.02. The van der Waals surface area contributed by atoms with Crippen LogP contribution in [0, 0.1) is 0 Å². The van der Waals surface area contributed by atoms with Crippen LogP contribution in [-0.4, -0.2) is 19.3 Å². The normalized spacial score (nSPS) is 11.9. The van der Waals surface area contributed by atoms with Crippen LogP contribution in [0.3, 0.4) is 0 Å². The Morgan fingerprint density at radius 1 is 1.18 bits per heavy atom. The van der Waals surface area contributed by atoms with Gasteiger partial charge in [0.2, 0.25) is 0 Å². The van der Waals surface area contributed by atoms with E-state index in [4.69, 9.17) is 9.47 Å². The molecule has 2 nitrogen and oxygen atoms in total. The van der Waals surface area contributed by atoms with Crippen LogP contribution in [0.5, 0.6) is 5.75 Å². The first-order chi connectivity index (χ1) is 7.96. The van der Waals surface area contributed by atoms with Gasteiger partial charge in [0.1, 0.15) is 5.75 Å². The highest BCUT2D eigenvalue weighted by Crippen LogP contribution is 2.26. The zero-order valence-corrected chi connectivity index (χ0v) is 11.6. The Morgan fingerprint density at radius 3 is 2.41 bits per heavy atom. The van der Waals surface area contributed by atoms with Crippen molar-refractivity contribution in [3.63, 3.8) is 0 Å². The topological polar surface area (TPSA) is 18.5 Å². The zero-order valence-electron chi connectivity index (χ0n) is 11.6. The summed E-state index contributed by atoms with van der Waals surface area (Å²) in [5.74, 6) is 1.48. The molecule has 1 aromatic carbocycles. The Labute approximate surface area is 105 Å². The largest absolute Gasteiger partial charge is 0.493 e. The third-order valence-electron chi connectivity index (χ3n) is 3.06. The standard InChI is InChI=1S/C15H24O2/c1-12(2)13-8-6-7-9-14(13)17-11-10-15(3,4)16-5/h6-9,12H,10-11H2,1-5H3. The van der Waals surface area contributed by atoms with Crippen molar-refractivity contribution >= 4 is 0 Å². The lowest BCUT2D eigenvalue weighted by Gasteiger charge is -2.23. The summed E-state index contributed by atoms with van der Waals surface area (Å²) in [7, 11) is 1.74. The molecule has 0 N–H and O–H groups in total. The smallest absolute Gasteiger partial charge is 0.122 e. The third kappa shape index (κ3) is 4.39. The molecule has 96 valence electrons. The molecular formula is C15H24O2. The van der Waals surface area contributed by atoms with Crippen molar-refractivity contribution < 1.29 is 9.47 Å². The Bertz CT molecular complexity index is 343. The van der Waals surface area contributed by atoms with Gasteiger partial charge in [-0.25, -0.2) is 0 Å². The monoisotopic (exact) mass is 236 g/mol. The van der Waals surface area contributed by atoms with Gasteiger partial charge < -0.3 is 9.47 Å². The van der Waals surface area contributed by atoms with Crippen LogP contribution in [0.15, 0.2) is 24.3 Å². The maximum atomic E-state index is 5.86. The highest BCUT2D eigenvalue weighted by molar-refractivity contribution is 5.35. The molecule has 0 aliphatic rings. The van der Waals surface area contributed by atoms with Crippen LogP contribution in [0.25, 0.3) is 0 Å². The van der Waals surface area contributed by atoms with Gasteiger partial charge in [0.05, 0.1) is 12.2 Å². The highest BCUT2D eigenvalue weighted by atomic mass is 16.5. The summed E-state index contributed by atoms with van der Waals surface area (Å²) in [4.78, 5) is 0. The van der Waals surface area contributed by atoms with Crippen molar-refractivity contribution in [2.45, 2.75) is 45.6 Å². The maximum absolute atomic E-state index is 5.86. The second-order valence-electron chi connectivity index (χ2n) is 5.25. The van der Waals surface area contributed by atoms with Gasteiger partial charge in [-0.05, 0) is 31.4 Å². The van der Waals surface area contributed by atoms with Crippen LogP contribution in [0.4, 0.5) is 0 Å². The van der Waals surface area contributed by atoms with Gasteiger partial charge in [-0.2, -0.15) is 0 Å². The van der Waals surface area contributed by atoms with Crippen molar-refractivity contribution in [2.75, 3.05) is 13.7 Å². The van der Waals surface area contributed by atoms with Gasteiger partial charge in [-0.15, -0.1) is 0 Å². The van der Waals surface area contributed by atoms with Gasteiger partial charge in [0, 0.05) is 13.5 Å². The minimum Gasteiger partial charge on any atom is -0.493 e. The lowest BCUT2D eigenvalue weighted by Crippen LogP contribution is -2.25. The predicted octanol–water partition coefficient (Wildman–Crippen LogP) is 4.00. The first-order valence-electron chi connectivity index (χ1n) is 6.23. The summed E-state index contributed by atoms with van der Waals surface area (Å²) in [6, 6.07) is 8.24. The van der Waals surface area contributed by atoms with Crippen molar-refractivity contribution in [1.82, 2.24) is 0 Å². The molecule has 0 bridgehead atoms. The molecule has 0 aromatic heterocycles. The lowest BCUT2D eigenvalue weighted by molar-refractivity contribution is 0.00536. The molecule has 0 aliphatic heterocycles. The number of hydrogen-bond acceptors (Lipinski definition) is 2. The van der Waals surface area contributed by atoms with E-state index in [1.165, 1.54) is 5.56 Å². The van der Waals surface area contributed by atoms with E-state index < -0.39 is 0 Å². The number of benzene rings is 1. The van der Waals surface area contributed by atoms with E-state index in [0.29, 0.717) is 12.5 Å². The zero-order chi connectivity index (χ0) is 12.9. The molecule has 0 spiro atoms. The Balaban J connectivity index is 2.58. The number of methoxy groups -OCH3 is 1. The molecule has 17 heavy (non-hydrogen) atoms. The maximum Gasteiger partial charge on any atom is 0.122 e. The summed E-state index contributed by atoms with van der Waals surface area (Å²) in [6.07, 6.45) is 0.885. The van der Waals surface area contributed by atoms with Crippen LogP contribution in [0.2, 0.25) is 0 Å². The van der Waals surface area contributed by atoms with Crippen molar-refractivity contribution in [2.24, 2.45) is 0 Å². The number of para-hydroxylation sites is 1. The molecular weight excluding hydrogens is 212 g/mol. The van der Waals surface area contributed by atoms with Gasteiger partial charge in [-0.3, -0.25) is 0 Å². The van der Waals surface area contributed by atoms with Crippen LogP contribution in [0.1, 0.15) is 45.6 Å². The van der Waals surface area contributed by atoms with Gasteiger partial charge in [0.15, 0.2) is 0 Å². The van der Waals surface area contributed by atoms with E-state index >= 15 is 0 Å². The van der Waals surface area contributed by atoms with Gasteiger partial charge >= 0.3 is 0 Å². The van der Waals surface area contributed by atoms with E-state index in [0.717, 1.165) is 12.2 Å². The van der Waals surface area contributed by atoms with Crippen LogP contribution >= 0.6 is 0 Å². The molecule has 0 saturated carbocycles. The molecule has 0 saturated heterocycles. The molecule has 0 aliphatic carbocycles. The first-order valence-corrected chi connectivity index (χ1v) is 6.23. The van der Waals surface area contributed by atoms with E-state index in [2.05, 4.69) is 39.8 Å². The average molecular weight is 236 g/mol. The van der Waals surface area contributed by atoms with E-state index in [1.807, 2.05) is 12.1 Å². The third-order valence-corrected chi connectivity index (χ3v) is 3.06. The summed E-state index contributed by atoms with van der Waals surface area (Å²) in [5.41, 5.74) is 1.15. The molecule has 0 amide bonds. The molecule has 2 heteroatoms. The quantitative estimate of drug-likeness (QED) is 0.743.